The van der Waals surface area contributed by atoms with Crippen molar-refractivity contribution in [3.63, 3.8) is 0 Å². The van der Waals surface area contributed by atoms with Gasteiger partial charge in [0.2, 0.25) is 0 Å². The van der Waals surface area contributed by atoms with Crippen LogP contribution < -0.4 is 0 Å². The van der Waals surface area contributed by atoms with E-state index in [1.165, 1.54) is 0 Å². The summed E-state index contributed by atoms with van der Waals surface area (Å²) in [6.45, 7) is 4.26. The van der Waals surface area contributed by atoms with Gasteiger partial charge in [0.25, 0.3) is 0 Å². The Morgan fingerprint density at radius 1 is 1.33 bits per heavy atom. The van der Waals surface area contributed by atoms with Crippen molar-refractivity contribution in [1.82, 2.24) is 0 Å². The number of carbonyl (C=O) groups is 1. The number of carbonyl (C=O) groups excluding carboxylic acids is 1. The molecule has 0 aromatic carbocycles. The molecule has 0 unspecified atom stereocenters. The first kappa shape index (κ1) is 11.8. The molecule has 0 aliphatic carbocycles. The third kappa shape index (κ3) is 3.03. The monoisotopic (exact) mass is 198 g/mol. The molecule has 0 heterocycles. The first-order valence-corrected chi connectivity index (χ1v) is 6.16. The molecule has 0 atom stereocenters. The molecule has 0 rings (SSSR count). The van der Waals surface area contributed by atoms with E-state index in [2.05, 4.69) is 9.26 Å². The fraction of sp³-hybridized carbons (Fsp3) is 0.833. The van der Waals surface area contributed by atoms with Gasteiger partial charge < -0.3 is 0 Å². The van der Waals surface area contributed by atoms with E-state index in [1.807, 2.05) is 0 Å². The Hall–Kier alpha value is -0.220. The van der Waals surface area contributed by atoms with Crippen molar-refractivity contribution in [3.8, 4) is 0 Å². The second-order valence-electron chi connectivity index (χ2n) is 2.47. The Bertz CT molecular complexity index is 171. The van der Waals surface area contributed by atoms with E-state index in [0.717, 1.165) is 6.66 Å². The third-order valence-electron chi connectivity index (χ3n) is 1.13. The van der Waals surface area contributed by atoms with E-state index in [4.69, 9.17) is 0 Å². The first-order chi connectivity index (χ1) is 5.32. The van der Waals surface area contributed by atoms with Crippen LogP contribution in [-0.4, -0.2) is 35.4 Å². The predicted octanol–water partition coefficient (Wildman–Crippen LogP) is 1.09. The molecule has 0 aromatic heterocycles. The number of hydrogen-bond donors (Lipinski definition) is 2. The van der Waals surface area contributed by atoms with Crippen molar-refractivity contribution in [2.75, 3.05) is 19.9 Å². The average molecular weight is 198 g/mol. The molecule has 0 aliphatic heterocycles. The quantitative estimate of drug-likeness (QED) is 0.661. The van der Waals surface area contributed by atoms with Crippen LogP contribution in [0.4, 0.5) is 4.79 Å². The molecule has 6 heteroatoms. The zero-order chi connectivity index (χ0) is 9.85. The SMILES string of the molecule is CCOC(=O)P(C)(O)(O)OCC. The third-order valence-corrected chi connectivity index (χ3v) is 2.97. The molecule has 0 radical (unpaired) electrons. The van der Waals surface area contributed by atoms with E-state index < -0.39 is 13.0 Å². The van der Waals surface area contributed by atoms with E-state index in [1.54, 1.807) is 13.8 Å². The van der Waals surface area contributed by atoms with Gasteiger partial charge in [-0.05, 0) is 0 Å². The zero-order valence-corrected chi connectivity index (χ0v) is 8.38. The van der Waals surface area contributed by atoms with Gasteiger partial charge in [-0.15, -0.1) is 0 Å². The number of ether oxygens (including phenoxy) is 1. The van der Waals surface area contributed by atoms with E-state index in [9.17, 15) is 14.6 Å². The maximum atomic E-state index is 11.0. The summed E-state index contributed by atoms with van der Waals surface area (Å²) >= 11 is 0. The fourth-order valence-electron chi connectivity index (χ4n) is 0.634. The van der Waals surface area contributed by atoms with E-state index in [0.29, 0.717) is 0 Å². The van der Waals surface area contributed by atoms with Crippen LogP contribution in [0, 0.1) is 0 Å². The van der Waals surface area contributed by atoms with Gasteiger partial charge in [-0.2, -0.15) is 0 Å². The first-order valence-electron chi connectivity index (χ1n) is 3.65. The van der Waals surface area contributed by atoms with Crippen molar-refractivity contribution >= 4 is 13.0 Å². The summed E-state index contributed by atoms with van der Waals surface area (Å²) in [5, 5.41) is 0. The summed E-state index contributed by atoms with van der Waals surface area (Å²) in [5.41, 5.74) is -1.08. The van der Waals surface area contributed by atoms with Gasteiger partial charge in [0.1, 0.15) is 0 Å². The molecule has 5 nitrogen and oxygen atoms in total. The molecule has 74 valence electrons. The summed E-state index contributed by atoms with van der Waals surface area (Å²) in [6.07, 6.45) is 0. The second-order valence-corrected chi connectivity index (χ2v) is 5.79. The summed E-state index contributed by atoms with van der Waals surface area (Å²) in [6, 6.07) is 0. The Balaban J connectivity index is 4.43. The van der Waals surface area contributed by atoms with Crippen molar-refractivity contribution < 1.29 is 23.8 Å². The number of hydrogen-bond acceptors (Lipinski definition) is 5. The molecular formula is C6H15O5P. The fourth-order valence-corrected chi connectivity index (χ4v) is 1.78. The van der Waals surface area contributed by atoms with Crippen LogP contribution in [0.15, 0.2) is 0 Å². The topological polar surface area (TPSA) is 76.0 Å². The predicted molar refractivity (Wildman–Crippen MR) is 45.9 cm³/mol. The summed E-state index contributed by atoms with van der Waals surface area (Å²) in [4.78, 5) is 29.7. The summed E-state index contributed by atoms with van der Waals surface area (Å²) in [7, 11) is -4.65. The van der Waals surface area contributed by atoms with Crippen molar-refractivity contribution in [2.45, 2.75) is 13.8 Å². The molecule has 0 bridgehead atoms. The molecule has 2 N–H and O–H groups in total. The molecular weight excluding hydrogens is 183 g/mol. The van der Waals surface area contributed by atoms with Crippen LogP contribution in [0.5, 0.6) is 0 Å². The zero-order valence-electron chi connectivity index (χ0n) is 7.48. The minimum atomic E-state index is -4.65. The molecule has 0 aliphatic rings. The summed E-state index contributed by atoms with van der Waals surface area (Å²) in [5.74, 6) is 0. The Morgan fingerprint density at radius 3 is 2.17 bits per heavy atom. The number of rotatable bonds is 4. The Kier molecular flexibility index (Phi) is 3.59. The van der Waals surface area contributed by atoms with Crippen molar-refractivity contribution in [1.29, 1.82) is 0 Å². The van der Waals surface area contributed by atoms with Crippen molar-refractivity contribution in [3.05, 3.63) is 0 Å². The van der Waals surface area contributed by atoms with Gasteiger partial charge in [-0.3, -0.25) is 0 Å². The van der Waals surface area contributed by atoms with Crippen molar-refractivity contribution in [2.24, 2.45) is 0 Å². The standard InChI is InChI=1S/C6H15O5P/c1-4-10-6(7)12(3,8,9)11-5-2/h8-9H,4-5H2,1-3H3. The molecule has 0 aromatic rings. The van der Waals surface area contributed by atoms with Gasteiger partial charge in [-0.25, -0.2) is 0 Å². The van der Waals surface area contributed by atoms with E-state index >= 15 is 0 Å². The minimum absolute atomic E-state index is 0.0557. The van der Waals surface area contributed by atoms with Gasteiger partial charge in [0.15, 0.2) is 0 Å². The average Bonchev–Trinajstić information content (AvgIpc) is 1.86. The molecule has 0 saturated heterocycles. The molecule has 0 spiro atoms. The van der Waals surface area contributed by atoms with Crippen LogP contribution >= 0.6 is 7.28 Å². The normalized spacial score (nSPS) is 14.9. The van der Waals surface area contributed by atoms with Crippen LogP contribution in [0.25, 0.3) is 0 Å². The molecule has 0 saturated carbocycles. The maximum absolute atomic E-state index is 11.0. The van der Waals surface area contributed by atoms with Gasteiger partial charge in [-0.1, -0.05) is 0 Å². The summed E-state index contributed by atoms with van der Waals surface area (Å²) < 4.78 is 9.05. The molecule has 12 heavy (non-hydrogen) atoms. The van der Waals surface area contributed by atoms with Crippen LogP contribution in [0.3, 0.4) is 0 Å². The molecule has 0 amide bonds. The second kappa shape index (κ2) is 3.66. The van der Waals surface area contributed by atoms with Gasteiger partial charge in [0, 0.05) is 0 Å². The van der Waals surface area contributed by atoms with Crippen LogP contribution in [0.1, 0.15) is 13.8 Å². The van der Waals surface area contributed by atoms with Gasteiger partial charge >= 0.3 is 70.6 Å². The Morgan fingerprint density at radius 2 is 1.83 bits per heavy atom. The van der Waals surface area contributed by atoms with Crippen LogP contribution in [0.2, 0.25) is 0 Å². The van der Waals surface area contributed by atoms with Crippen LogP contribution in [-0.2, 0) is 9.26 Å². The Labute approximate surface area is 71.5 Å². The van der Waals surface area contributed by atoms with Gasteiger partial charge in [0.05, 0.1) is 0 Å². The molecule has 0 fully saturated rings. The van der Waals surface area contributed by atoms with E-state index in [-0.39, 0.29) is 13.2 Å².